The smallest absolute Gasteiger partial charge is 0.261 e. The maximum absolute atomic E-state index is 12.4. The zero-order valence-corrected chi connectivity index (χ0v) is 14.4. The topological polar surface area (TPSA) is 84.2 Å². The van der Waals surface area contributed by atoms with Crippen molar-refractivity contribution in [2.24, 2.45) is 0 Å². The second-order valence-corrected chi connectivity index (χ2v) is 6.17. The van der Waals surface area contributed by atoms with Crippen LogP contribution in [0.15, 0.2) is 59.7 Å². The Kier molecular flexibility index (Phi) is 5.63. The van der Waals surface area contributed by atoms with Gasteiger partial charge in [0.2, 0.25) is 5.91 Å². The Balaban J connectivity index is 1.44. The van der Waals surface area contributed by atoms with E-state index in [9.17, 15) is 14.7 Å². The largest absolute Gasteiger partial charge is 0.508 e. The van der Waals surface area contributed by atoms with Crippen LogP contribution in [-0.4, -0.2) is 20.6 Å². The number of carbonyl (C=O) groups is 1. The zero-order chi connectivity index (χ0) is 18.4. The average Bonchev–Trinajstić information content (AvgIpc) is 2.63. The molecule has 0 aliphatic carbocycles. The summed E-state index contributed by atoms with van der Waals surface area (Å²) in [5.41, 5.74) is 1.26. The van der Waals surface area contributed by atoms with Gasteiger partial charge in [-0.2, -0.15) is 0 Å². The van der Waals surface area contributed by atoms with Crippen molar-refractivity contribution in [1.29, 1.82) is 0 Å². The minimum absolute atomic E-state index is 0.0303. The molecule has 1 heterocycles. The Morgan fingerprint density at radius 2 is 1.92 bits per heavy atom. The lowest BCUT2D eigenvalue weighted by Crippen LogP contribution is -2.20. The van der Waals surface area contributed by atoms with Crippen LogP contribution in [-0.2, 0) is 11.3 Å². The molecular weight excluding hydrogens is 330 g/mol. The molecule has 3 rings (SSSR count). The van der Waals surface area contributed by atoms with E-state index < -0.39 is 0 Å². The average molecular weight is 351 g/mol. The van der Waals surface area contributed by atoms with Gasteiger partial charge in [0.25, 0.3) is 5.56 Å². The maximum atomic E-state index is 12.4. The Bertz CT molecular complexity index is 966. The van der Waals surface area contributed by atoms with E-state index in [2.05, 4.69) is 10.3 Å². The molecule has 0 fully saturated rings. The third-order valence-corrected chi connectivity index (χ3v) is 4.16. The van der Waals surface area contributed by atoms with E-state index in [0.717, 1.165) is 19.3 Å². The van der Waals surface area contributed by atoms with Crippen LogP contribution in [0.2, 0.25) is 0 Å². The molecule has 6 nitrogen and oxygen atoms in total. The molecule has 2 aromatic carbocycles. The summed E-state index contributed by atoms with van der Waals surface area (Å²) in [4.78, 5) is 28.6. The second-order valence-electron chi connectivity index (χ2n) is 6.17. The number of unbranched alkanes of at least 4 members (excludes halogenated alkanes) is 2. The summed E-state index contributed by atoms with van der Waals surface area (Å²) in [6.07, 6.45) is 4.37. The fraction of sp³-hybridized carbons (Fsp3) is 0.250. The first-order valence-electron chi connectivity index (χ1n) is 8.66. The van der Waals surface area contributed by atoms with Crippen LogP contribution in [0.5, 0.6) is 5.75 Å². The highest BCUT2D eigenvalue weighted by molar-refractivity contribution is 5.90. The number of rotatable bonds is 7. The fourth-order valence-electron chi connectivity index (χ4n) is 2.82. The summed E-state index contributed by atoms with van der Waals surface area (Å²) in [6, 6.07) is 13.8. The summed E-state index contributed by atoms with van der Waals surface area (Å²) in [5, 5.41) is 12.8. The molecule has 0 bridgehead atoms. The fourth-order valence-corrected chi connectivity index (χ4v) is 2.82. The van der Waals surface area contributed by atoms with E-state index in [1.165, 1.54) is 6.07 Å². The number of benzene rings is 2. The number of phenols is 1. The van der Waals surface area contributed by atoms with Gasteiger partial charge < -0.3 is 10.4 Å². The molecule has 0 aliphatic heterocycles. The first kappa shape index (κ1) is 17.7. The standard InChI is InChI=1S/C20H21N3O3/c24-16-8-6-7-15(13-16)22-19(25)11-2-1-5-12-23-14-21-18-10-4-3-9-17(18)20(23)26/h3-4,6-10,13-14,24H,1-2,5,11-12H2,(H,22,25). The predicted molar refractivity (Wildman–Crippen MR) is 101 cm³/mol. The van der Waals surface area contributed by atoms with Gasteiger partial charge in [0, 0.05) is 24.7 Å². The Hall–Kier alpha value is -3.15. The Labute approximate surface area is 151 Å². The third kappa shape index (κ3) is 4.47. The number of aromatic hydroxyl groups is 1. The highest BCUT2D eigenvalue weighted by Gasteiger charge is 2.05. The van der Waals surface area contributed by atoms with Crippen LogP contribution in [0.25, 0.3) is 10.9 Å². The summed E-state index contributed by atoms with van der Waals surface area (Å²) in [7, 11) is 0. The van der Waals surface area contributed by atoms with Gasteiger partial charge in [0.05, 0.1) is 17.2 Å². The lowest BCUT2D eigenvalue weighted by Gasteiger charge is -2.07. The van der Waals surface area contributed by atoms with Crippen molar-refractivity contribution >= 4 is 22.5 Å². The quantitative estimate of drug-likeness (QED) is 0.640. The molecule has 0 radical (unpaired) electrons. The SMILES string of the molecule is O=C(CCCCCn1cnc2ccccc2c1=O)Nc1cccc(O)c1. The molecule has 0 saturated heterocycles. The third-order valence-electron chi connectivity index (χ3n) is 4.16. The minimum atomic E-state index is -0.0832. The lowest BCUT2D eigenvalue weighted by atomic mass is 10.2. The maximum Gasteiger partial charge on any atom is 0.261 e. The van der Waals surface area contributed by atoms with Crippen molar-refractivity contribution < 1.29 is 9.90 Å². The number of amides is 1. The van der Waals surface area contributed by atoms with Crippen molar-refractivity contribution in [1.82, 2.24) is 9.55 Å². The molecule has 134 valence electrons. The van der Waals surface area contributed by atoms with Crippen LogP contribution in [0, 0.1) is 0 Å². The number of para-hydroxylation sites is 1. The van der Waals surface area contributed by atoms with Gasteiger partial charge in [-0.05, 0) is 37.1 Å². The van der Waals surface area contributed by atoms with E-state index >= 15 is 0 Å². The number of nitrogens with one attached hydrogen (secondary N) is 1. The van der Waals surface area contributed by atoms with E-state index in [1.54, 1.807) is 35.2 Å². The number of phenolic OH excluding ortho intramolecular Hbond substituents is 1. The van der Waals surface area contributed by atoms with Crippen LogP contribution in [0.1, 0.15) is 25.7 Å². The first-order chi connectivity index (χ1) is 12.6. The lowest BCUT2D eigenvalue weighted by molar-refractivity contribution is -0.116. The monoisotopic (exact) mass is 351 g/mol. The number of nitrogens with zero attached hydrogens (tertiary/aromatic N) is 2. The molecule has 0 unspecified atom stereocenters. The molecule has 2 N–H and O–H groups in total. The predicted octanol–water partition coefficient (Wildman–Crippen LogP) is 3.30. The van der Waals surface area contributed by atoms with Crippen molar-refractivity contribution in [3.8, 4) is 5.75 Å². The molecule has 0 aliphatic rings. The normalized spacial score (nSPS) is 10.8. The van der Waals surface area contributed by atoms with Crippen LogP contribution >= 0.6 is 0 Å². The van der Waals surface area contributed by atoms with Gasteiger partial charge in [0.15, 0.2) is 0 Å². The number of hydrogen-bond donors (Lipinski definition) is 2. The molecule has 6 heteroatoms. The minimum Gasteiger partial charge on any atom is -0.508 e. The first-order valence-corrected chi connectivity index (χ1v) is 8.66. The van der Waals surface area contributed by atoms with E-state index in [-0.39, 0.29) is 17.2 Å². The van der Waals surface area contributed by atoms with Crippen LogP contribution in [0.3, 0.4) is 0 Å². The molecule has 26 heavy (non-hydrogen) atoms. The van der Waals surface area contributed by atoms with E-state index in [1.807, 2.05) is 18.2 Å². The van der Waals surface area contributed by atoms with Gasteiger partial charge >= 0.3 is 0 Å². The van der Waals surface area contributed by atoms with Crippen LogP contribution in [0.4, 0.5) is 5.69 Å². The van der Waals surface area contributed by atoms with Gasteiger partial charge in [-0.1, -0.05) is 24.6 Å². The Morgan fingerprint density at radius 1 is 1.08 bits per heavy atom. The molecule has 1 aromatic heterocycles. The summed E-state index contributed by atoms with van der Waals surface area (Å²) >= 11 is 0. The summed E-state index contributed by atoms with van der Waals surface area (Å²) in [5.74, 6) is 0.0392. The summed E-state index contributed by atoms with van der Waals surface area (Å²) in [6.45, 7) is 0.588. The van der Waals surface area contributed by atoms with E-state index in [0.29, 0.717) is 29.6 Å². The second kappa shape index (κ2) is 8.29. The summed E-state index contributed by atoms with van der Waals surface area (Å²) < 4.78 is 1.62. The highest BCUT2D eigenvalue weighted by Crippen LogP contribution is 2.16. The number of hydrogen-bond acceptors (Lipinski definition) is 4. The molecule has 3 aromatic rings. The van der Waals surface area contributed by atoms with Crippen molar-refractivity contribution in [2.75, 3.05) is 5.32 Å². The number of aromatic nitrogens is 2. The van der Waals surface area contributed by atoms with Crippen molar-refractivity contribution in [3.63, 3.8) is 0 Å². The number of aryl methyl sites for hydroxylation is 1. The number of carbonyl (C=O) groups excluding carboxylic acids is 1. The van der Waals surface area contributed by atoms with Crippen LogP contribution < -0.4 is 10.9 Å². The molecule has 0 saturated carbocycles. The molecule has 1 amide bonds. The van der Waals surface area contributed by atoms with Crippen molar-refractivity contribution in [2.45, 2.75) is 32.2 Å². The van der Waals surface area contributed by atoms with Gasteiger partial charge in [-0.3, -0.25) is 14.2 Å². The molecule has 0 spiro atoms. The van der Waals surface area contributed by atoms with Crippen molar-refractivity contribution in [3.05, 3.63) is 65.2 Å². The zero-order valence-electron chi connectivity index (χ0n) is 14.4. The van der Waals surface area contributed by atoms with E-state index in [4.69, 9.17) is 0 Å². The van der Waals surface area contributed by atoms with Gasteiger partial charge in [0.1, 0.15) is 5.75 Å². The number of fused-ring (bicyclic) bond motifs is 1. The number of anilines is 1. The van der Waals surface area contributed by atoms with Gasteiger partial charge in [-0.15, -0.1) is 0 Å². The Morgan fingerprint density at radius 3 is 2.77 bits per heavy atom. The molecular formula is C20H21N3O3. The van der Waals surface area contributed by atoms with Gasteiger partial charge in [-0.25, -0.2) is 4.98 Å². The molecule has 0 atom stereocenters. The highest BCUT2D eigenvalue weighted by atomic mass is 16.3.